The summed E-state index contributed by atoms with van der Waals surface area (Å²) >= 11 is 1.10. The summed E-state index contributed by atoms with van der Waals surface area (Å²) in [6, 6.07) is 12.6. The molecule has 0 saturated carbocycles. The Morgan fingerprint density at radius 2 is 1.62 bits per heavy atom. The molecule has 1 heterocycles. The van der Waals surface area contributed by atoms with Gasteiger partial charge in [0.1, 0.15) is 16.9 Å². The van der Waals surface area contributed by atoms with Gasteiger partial charge in [0.15, 0.2) is 0 Å². The lowest BCUT2D eigenvalue weighted by Gasteiger charge is -2.02. The number of hydrogen-bond donors (Lipinski definition) is 0. The van der Waals surface area contributed by atoms with Crippen molar-refractivity contribution in [3.8, 4) is 11.1 Å². The van der Waals surface area contributed by atoms with Crippen molar-refractivity contribution < 1.29 is 4.39 Å². The third-order valence-corrected chi connectivity index (χ3v) is 2.98. The Bertz CT molecular complexity index is 634. The van der Waals surface area contributed by atoms with E-state index in [-0.39, 0.29) is 5.82 Å². The molecule has 0 radical (unpaired) electrons. The van der Waals surface area contributed by atoms with Crippen LogP contribution in [0.3, 0.4) is 0 Å². The van der Waals surface area contributed by atoms with Gasteiger partial charge in [0.2, 0.25) is 0 Å². The molecule has 3 rings (SSSR count). The lowest BCUT2D eigenvalue weighted by Crippen LogP contribution is -1.84. The first-order valence-corrected chi connectivity index (χ1v) is 5.55. The van der Waals surface area contributed by atoms with Crippen molar-refractivity contribution >= 4 is 22.8 Å². The SMILES string of the molecule is Fc1cc2nsnc2cc1-c1ccccc1. The second-order valence-corrected chi connectivity index (χ2v) is 3.98. The standard InChI is InChI=1S/C12H7FN2S/c13-10-7-12-11(14-16-15-12)6-9(10)8-4-2-1-3-5-8/h1-7H. The van der Waals surface area contributed by atoms with Gasteiger partial charge in [-0.25, -0.2) is 4.39 Å². The van der Waals surface area contributed by atoms with Crippen LogP contribution < -0.4 is 0 Å². The number of hydrogen-bond acceptors (Lipinski definition) is 3. The molecule has 0 unspecified atom stereocenters. The summed E-state index contributed by atoms with van der Waals surface area (Å²) in [5.41, 5.74) is 2.78. The third-order valence-electron chi connectivity index (χ3n) is 2.43. The summed E-state index contributed by atoms with van der Waals surface area (Å²) in [4.78, 5) is 0. The molecule has 0 atom stereocenters. The molecule has 0 aliphatic heterocycles. The van der Waals surface area contributed by atoms with Crippen LogP contribution in [0.15, 0.2) is 42.5 Å². The van der Waals surface area contributed by atoms with Crippen LogP contribution >= 0.6 is 11.7 Å². The highest BCUT2D eigenvalue weighted by Gasteiger charge is 2.08. The second-order valence-electron chi connectivity index (χ2n) is 3.45. The molecule has 3 aromatic rings. The highest BCUT2D eigenvalue weighted by molar-refractivity contribution is 7.00. The molecule has 16 heavy (non-hydrogen) atoms. The van der Waals surface area contributed by atoms with Crippen LogP contribution in [0.2, 0.25) is 0 Å². The average Bonchev–Trinajstić information content (AvgIpc) is 2.76. The Morgan fingerprint density at radius 1 is 0.938 bits per heavy atom. The highest BCUT2D eigenvalue weighted by atomic mass is 32.1. The maximum atomic E-state index is 13.8. The van der Waals surface area contributed by atoms with Crippen LogP contribution in [0.25, 0.3) is 22.2 Å². The Labute approximate surface area is 95.7 Å². The van der Waals surface area contributed by atoms with E-state index in [0.717, 1.165) is 22.8 Å². The van der Waals surface area contributed by atoms with Gasteiger partial charge >= 0.3 is 0 Å². The van der Waals surface area contributed by atoms with Crippen LogP contribution in [0.4, 0.5) is 4.39 Å². The number of aromatic nitrogens is 2. The quantitative estimate of drug-likeness (QED) is 0.639. The maximum absolute atomic E-state index is 13.8. The van der Waals surface area contributed by atoms with Crippen molar-refractivity contribution in [1.29, 1.82) is 0 Å². The van der Waals surface area contributed by atoms with E-state index in [1.54, 1.807) is 6.07 Å². The van der Waals surface area contributed by atoms with E-state index in [1.807, 2.05) is 30.3 Å². The molecule has 0 N–H and O–H groups in total. The molecule has 2 aromatic carbocycles. The van der Waals surface area contributed by atoms with E-state index in [2.05, 4.69) is 8.75 Å². The zero-order chi connectivity index (χ0) is 11.0. The van der Waals surface area contributed by atoms with Gasteiger partial charge in [-0.3, -0.25) is 0 Å². The molecular formula is C12H7FN2S. The van der Waals surface area contributed by atoms with Crippen molar-refractivity contribution in [1.82, 2.24) is 8.75 Å². The minimum Gasteiger partial charge on any atom is -0.206 e. The molecular weight excluding hydrogens is 223 g/mol. The average molecular weight is 230 g/mol. The van der Waals surface area contributed by atoms with Crippen molar-refractivity contribution in [3.63, 3.8) is 0 Å². The van der Waals surface area contributed by atoms with E-state index < -0.39 is 0 Å². The van der Waals surface area contributed by atoms with Gasteiger partial charge in [0.05, 0.1) is 11.7 Å². The Balaban J connectivity index is 2.27. The summed E-state index contributed by atoms with van der Waals surface area (Å²) in [6.07, 6.45) is 0. The maximum Gasteiger partial charge on any atom is 0.133 e. The first kappa shape index (κ1) is 9.42. The minimum absolute atomic E-state index is 0.258. The van der Waals surface area contributed by atoms with Crippen molar-refractivity contribution in [3.05, 3.63) is 48.3 Å². The van der Waals surface area contributed by atoms with Gasteiger partial charge in [0.25, 0.3) is 0 Å². The van der Waals surface area contributed by atoms with E-state index in [0.29, 0.717) is 11.1 Å². The summed E-state index contributed by atoms with van der Waals surface area (Å²) in [5, 5.41) is 0. The Morgan fingerprint density at radius 3 is 2.38 bits per heavy atom. The molecule has 78 valence electrons. The molecule has 0 amide bonds. The van der Waals surface area contributed by atoms with Crippen molar-refractivity contribution in [2.45, 2.75) is 0 Å². The summed E-state index contributed by atoms with van der Waals surface area (Å²) in [5.74, 6) is -0.258. The topological polar surface area (TPSA) is 25.8 Å². The van der Waals surface area contributed by atoms with E-state index in [4.69, 9.17) is 0 Å². The van der Waals surface area contributed by atoms with Crippen molar-refractivity contribution in [2.24, 2.45) is 0 Å². The van der Waals surface area contributed by atoms with Gasteiger partial charge in [-0.2, -0.15) is 8.75 Å². The second kappa shape index (κ2) is 3.64. The van der Waals surface area contributed by atoms with Crippen LogP contribution in [0.5, 0.6) is 0 Å². The lowest BCUT2D eigenvalue weighted by atomic mass is 10.0. The molecule has 4 heteroatoms. The first-order chi connectivity index (χ1) is 7.84. The molecule has 0 fully saturated rings. The van der Waals surface area contributed by atoms with E-state index in [9.17, 15) is 4.39 Å². The molecule has 0 bridgehead atoms. The largest absolute Gasteiger partial charge is 0.206 e. The molecule has 1 aromatic heterocycles. The van der Waals surface area contributed by atoms with E-state index in [1.165, 1.54) is 6.07 Å². The summed E-state index contributed by atoms with van der Waals surface area (Å²) in [7, 11) is 0. The first-order valence-electron chi connectivity index (χ1n) is 4.82. The van der Waals surface area contributed by atoms with Gasteiger partial charge in [-0.05, 0) is 11.6 Å². The Hall–Kier alpha value is -1.81. The highest BCUT2D eigenvalue weighted by Crippen LogP contribution is 2.26. The van der Waals surface area contributed by atoms with Gasteiger partial charge in [0, 0.05) is 11.6 Å². The number of rotatable bonds is 1. The number of nitrogens with zero attached hydrogens (tertiary/aromatic N) is 2. The monoisotopic (exact) mass is 230 g/mol. The predicted molar refractivity (Wildman–Crippen MR) is 62.8 cm³/mol. The number of halogens is 1. The van der Waals surface area contributed by atoms with Gasteiger partial charge in [-0.1, -0.05) is 30.3 Å². The smallest absolute Gasteiger partial charge is 0.133 e. The molecule has 0 aliphatic carbocycles. The fourth-order valence-corrected chi connectivity index (χ4v) is 2.15. The predicted octanol–water partition coefficient (Wildman–Crippen LogP) is 3.50. The van der Waals surface area contributed by atoms with E-state index >= 15 is 0 Å². The fourth-order valence-electron chi connectivity index (χ4n) is 1.64. The van der Waals surface area contributed by atoms with Crippen LogP contribution in [-0.2, 0) is 0 Å². The van der Waals surface area contributed by atoms with Crippen molar-refractivity contribution in [2.75, 3.05) is 0 Å². The van der Waals surface area contributed by atoms with Gasteiger partial charge in [-0.15, -0.1) is 0 Å². The minimum atomic E-state index is -0.258. The molecule has 0 spiro atoms. The van der Waals surface area contributed by atoms with Gasteiger partial charge < -0.3 is 0 Å². The third kappa shape index (κ3) is 1.47. The number of fused-ring (bicyclic) bond motifs is 1. The molecule has 2 nitrogen and oxygen atoms in total. The zero-order valence-corrected chi connectivity index (χ0v) is 9.04. The fraction of sp³-hybridized carbons (Fsp3) is 0. The van der Waals surface area contributed by atoms with Crippen LogP contribution in [-0.4, -0.2) is 8.75 Å². The summed E-state index contributed by atoms with van der Waals surface area (Å²) < 4.78 is 21.9. The number of benzene rings is 2. The normalized spacial score (nSPS) is 10.8. The molecule has 0 aliphatic rings. The molecule has 0 saturated heterocycles. The zero-order valence-electron chi connectivity index (χ0n) is 8.22. The Kier molecular flexibility index (Phi) is 2.15. The van der Waals surface area contributed by atoms with Crippen LogP contribution in [0.1, 0.15) is 0 Å². The summed E-state index contributed by atoms with van der Waals surface area (Å²) in [6.45, 7) is 0. The lowest BCUT2D eigenvalue weighted by molar-refractivity contribution is 0.633. The van der Waals surface area contributed by atoms with Crippen LogP contribution in [0, 0.1) is 5.82 Å².